The van der Waals surface area contributed by atoms with Gasteiger partial charge in [-0.1, -0.05) is 0 Å². The quantitative estimate of drug-likeness (QED) is 0.199. The second kappa shape index (κ2) is 12.1. The average Bonchev–Trinajstić information content (AvgIpc) is 2.88. The van der Waals surface area contributed by atoms with Crippen molar-refractivity contribution in [3.05, 3.63) is 91.0 Å². The maximum atomic E-state index is 13.5. The zero-order valence-electron chi connectivity index (χ0n) is 20.3. The molecule has 3 heteroatoms. The Bertz CT molecular complexity index is 871. The van der Waals surface area contributed by atoms with Crippen molar-refractivity contribution in [3.63, 3.8) is 0 Å². The molecule has 0 atom stereocenters. The summed E-state index contributed by atoms with van der Waals surface area (Å²) >= 11 is 0. The molecule has 3 aromatic rings. The minimum atomic E-state index is -3.46. The van der Waals surface area contributed by atoms with Gasteiger partial charge in [0.05, 0.1) is 0 Å². The van der Waals surface area contributed by atoms with E-state index in [0.717, 1.165) is 34.9 Å². The molecule has 0 spiro atoms. The Balaban J connectivity index is 1.98. The average molecular weight is 463 g/mol. The van der Waals surface area contributed by atoms with E-state index in [1.54, 1.807) is 0 Å². The van der Waals surface area contributed by atoms with Gasteiger partial charge in [0.2, 0.25) is 0 Å². The van der Waals surface area contributed by atoms with E-state index in [1.165, 1.54) is 32.1 Å². The summed E-state index contributed by atoms with van der Waals surface area (Å²) < 4.78 is 6.87. The van der Waals surface area contributed by atoms with Gasteiger partial charge in [0.25, 0.3) is 0 Å². The van der Waals surface area contributed by atoms with Crippen LogP contribution in [0.15, 0.2) is 91.0 Å². The van der Waals surface area contributed by atoms with Crippen molar-refractivity contribution in [2.45, 2.75) is 65.2 Å². The van der Waals surface area contributed by atoms with E-state index in [9.17, 15) is 4.79 Å². The van der Waals surface area contributed by atoms with Gasteiger partial charge in [-0.15, -0.1) is 0 Å². The normalized spacial score (nSPS) is 12.6. The van der Waals surface area contributed by atoms with Gasteiger partial charge >= 0.3 is 200 Å². The van der Waals surface area contributed by atoms with Gasteiger partial charge in [0.15, 0.2) is 0 Å². The fourth-order valence-corrected chi connectivity index (χ4v) is 10.3. The number of carbonyl (C=O) groups is 1. The first-order chi connectivity index (χ1) is 16.2. The van der Waals surface area contributed by atoms with E-state index in [0.29, 0.717) is 6.42 Å². The van der Waals surface area contributed by atoms with Gasteiger partial charge in [-0.05, 0) is 0 Å². The van der Waals surface area contributed by atoms with Gasteiger partial charge in [0.1, 0.15) is 0 Å². The Kier molecular flexibility index (Phi) is 9.27. The van der Waals surface area contributed by atoms with Crippen molar-refractivity contribution in [3.8, 4) is 0 Å². The van der Waals surface area contributed by atoms with E-state index >= 15 is 0 Å². The van der Waals surface area contributed by atoms with E-state index in [2.05, 4.69) is 86.6 Å². The van der Waals surface area contributed by atoms with Gasteiger partial charge in [0, 0.05) is 0 Å². The third kappa shape index (κ3) is 5.39. The molecule has 0 saturated heterocycles. The number of benzene rings is 3. The molecule has 0 amide bonds. The van der Waals surface area contributed by atoms with Gasteiger partial charge in [-0.3, -0.25) is 0 Å². The molecule has 3 rings (SSSR count). The first-order valence-electron chi connectivity index (χ1n) is 12.6. The third-order valence-corrected chi connectivity index (χ3v) is 12.8. The molecule has 0 saturated carbocycles. The number of hydrogen-bond acceptors (Lipinski definition) is 2. The van der Waals surface area contributed by atoms with Crippen LogP contribution in [-0.2, 0) is 9.32 Å². The molecule has 0 heterocycles. The Morgan fingerprint density at radius 2 is 1.00 bits per heavy atom. The summed E-state index contributed by atoms with van der Waals surface area (Å²) in [5.74, 6) is -0.0837. The predicted octanol–water partition coefficient (Wildman–Crippen LogP) is 7.14. The standard InChI is InChI=1S/C30H39O2P/c1-3-5-6-7-8-9-19-26-30(31)32-33(4-2,27-20-13-10-14-21-27,28-22-15-11-16-23-28)29-24-17-12-18-25-29/h10-18,20-25H,3-9,19,26H2,1-2H3. The zero-order valence-corrected chi connectivity index (χ0v) is 21.2. The van der Waals surface area contributed by atoms with Crippen molar-refractivity contribution in [2.24, 2.45) is 0 Å². The molecular formula is C30H39O2P. The molecule has 0 aromatic heterocycles. The van der Waals surface area contributed by atoms with Crippen LogP contribution in [0.3, 0.4) is 0 Å². The van der Waals surface area contributed by atoms with E-state index in [1.807, 2.05) is 18.2 Å². The number of unbranched alkanes of at least 4 members (excludes halogenated alkanes) is 6. The van der Waals surface area contributed by atoms with E-state index in [-0.39, 0.29) is 5.97 Å². The number of carbonyl (C=O) groups excluding carboxylic acids is 1. The van der Waals surface area contributed by atoms with Crippen molar-refractivity contribution in [1.82, 2.24) is 0 Å². The summed E-state index contributed by atoms with van der Waals surface area (Å²) in [6.45, 7) is 0.946. The monoisotopic (exact) mass is 462 g/mol. The molecular weight excluding hydrogens is 423 g/mol. The molecule has 176 valence electrons. The van der Waals surface area contributed by atoms with Gasteiger partial charge in [-0.25, -0.2) is 0 Å². The van der Waals surface area contributed by atoms with Crippen LogP contribution >= 0.6 is 6.83 Å². The van der Waals surface area contributed by atoms with Crippen molar-refractivity contribution in [2.75, 3.05) is 6.16 Å². The summed E-state index contributed by atoms with van der Waals surface area (Å²) in [5, 5.41) is 3.32. The van der Waals surface area contributed by atoms with Crippen LogP contribution < -0.4 is 15.9 Å². The van der Waals surface area contributed by atoms with Crippen LogP contribution in [0.25, 0.3) is 0 Å². The van der Waals surface area contributed by atoms with E-state index in [4.69, 9.17) is 4.52 Å². The molecule has 0 aliphatic heterocycles. The Morgan fingerprint density at radius 1 is 0.606 bits per heavy atom. The first-order valence-corrected chi connectivity index (χ1v) is 14.9. The second-order valence-electron chi connectivity index (χ2n) is 8.87. The first kappa shape index (κ1) is 25.2. The molecule has 0 aliphatic rings. The van der Waals surface area contributed by atoms with Crippen LogP contribution in [0, 0.1) is 0 Å². The SMILES string of the molecule is CCCCCCCCCC(=O)OP(CC)(c1ccccc1)(c1ccccc1)c1ccccc1. The summed E-state index contributed by atoms with van der Waals surface area (Å²) in [6.07, 6.45) is 9.49. The van der Waals surface area contributed by atoms with Crippen LogP contribution in [0.5, 0.6) is 0 Å². The van der Waals surface area contributed by atoms with Crippen LogP contribution in [0.4, 0.5) is 0 Å². The summed E-state index contributed by atoms with van der Waals surface area (Å²) in [4.78, 5) is 13.5. The maximum absolute atomic E-state index is 13.5. The molecule has 0 radical (unpaired) electrons. The van der Waals surface area contributed by atoms with Crippen LogP contribution in [-0.4, -0.2) is 12.1 Å². The number of rotatable bonds is 13. The van der Waals surface area contributed by atoms with Crippen molar-refractivity contribution >= 4 is 28.7 Å². The molecule has 0 unspecified atom stereocenters. The zero-order chi connectivity index (χ0) is 23.4. The summed E-state index contributed by atoms with van der Waals surface area (Å²) in [5.41, 5.74) is 0. The summed E-state index contributed by atoms with van der Waals surface area (Å²) in [7, 11) is 0. The molecule has 0 N–H and O–H groups in total. The third-order valence-electron chi connectivity index (χ3n) is 6.80. The molecule has 0 aliphatic carbocycles. The van der Waals surface area contributed by atoms with Crippen molar-refractivity contribution < 1.29 is 9.32 Å². The molecule has 0 fully saturated rings. The topological polar surface area (TPSA) is 26.3 Å². The van der Waals surface area contributed by atoms with Crippen LogP contribution in [0.2, 0.25) is 0 Å². The van der Waals surface area contributed by atoms with Crippen molar-refractivity contribution in [1.29, 1.82) is 0 Å². The number of hydrogen-bond donors (Lipinski definition) is 0. The van der Waals surface area contributed by atoms with Gasteiger partial charge in [-0.2, -0.15) is 0 Å². The molecule has 0 bridgehead atoms. The second-order valence-corrected chi connectivity index (χ2v) is 13.7. The summed E-state index contributed by atoms with van der Waals surface area (Å²) in [6, 6.07) is 31.3. The Hall–Kier alpha value is -2.44. The molecule has 2 nitrogen and oxygen atoms in total. The molecule has 33 heavy (non-hydrogen) atoms. The van der Waals surface area contributed by atoms with E-state index < -0.39 is 6.83 Å². The fourth-order valence-electron chi connectivity index (χ4n) is 4.94. The fraction of sp³-hybridized carbons (Fsp3) is 0.367. The van der Waals surface area contributed by atoms with Gasteiger partial charge < -0.3 is 0 Å². The predicted molar refractivity (Wildman–Crippen MR) is 144 cm³/mol. The minimum absolute atomic E-state index is 0.0837. The Morgan fingerprint density at radius 3 is 1.39 bits per heavy atom. The molecule has 3 aromatic carbocycles. The van der Waals surface area contributed by atoms with Crippen LogP contribution in [0.1, 0.15) is 65.2 Å². The Labute approximate surface area is 200 Å².